The fourth-order valence-corrected chi connectivity index (χ4v) is 5.56. The molecule has 3 rings (SSSR count). The van der Waals surface area contributed by atoms with Crippen molar-refractivity contribution in [1.29, 1.82) is 0 Å². The molecule has 1 aromatic rings. The molecule has 2 aliphatic rings. The van der Waals surface area contributed by atoms with Gasteiger partial charge in [-0.1, -0.05) is 12.1 Å². The molecular weight excluding hydrogens is 312 g/mol. The van der Waals surface area contributed by atoms with E-state index in [1.165, 1.54) is 11.4 Å². The highest BCUT2D eigenvalue weighted by Crippen LogP contribution is 2.34. The number of benzene rings is 1. The van der Waals surface area contributed by atoms with Crippen LogP contribution >= 0.6 is 0 Å². The summed E-state index contributed by atoms with van der Waals surface area (Å²) in [6, 6.07) is 5.03. The summed E-state index contributed by atoms with van der Waals surface area (Å²) >= 11 is 0. The molecule has 0 saturated heterocycles. The van der Waals surface area contributed by atoms with E-state index in [-0.39, 0.29) is 16.7 Å². The monoisotopic (exact) mass is 330 g/mol. The lowest BCUT2D eigenvalue weighted by molar-refractivity contribution is 0.388. The minimum absolute atomic E-state index is 0.233. The zero-order chi connectivity index (χ0) is 15.3. The maximum atomic E-state index is 12.3. The van der Waals surface area contributed by atoms with E-state index in [0.29, 0.717) is 13.0 Å². The molecule has 0 amide bonds. The van der Waals surface area contributed by atoms with Crippen molar-refractivity contribution in [2.75, 3.05) is 13.6 Å². The molecule has 0 aromatic heterocycles. The first-order chi connectivity index (χ1) is 9.86. The third-order valence-corrected chi connectivity index (χ3v) is 7.90. The Labute approximate surface area is 125 Å². The topological polar surface area (TPSA) is 83.6 Å². The Bertz CT molecular complexity index is 767. The largest absolute Gasteiger partial charge is 0.240 e. The molecule has 1 aliphatic carbocycles. The lowest BCUT2D eigenvalue weighted by Crippen LogP contribution is -2.38. The van der Waals surface area contributed by atoms with Crippen LogP contribution in [0.2, 0.25) is 0 Å². The Morgan fingerprint density at radius 1 is 1.19 bits per heavy atom. The van der Waals surface area contributed by atoms with Crippen LogP contribution in [0.3, 0.4) is 0 Å². The van der Waals surface area contributed by atoms with E-state index in [9.17, 15) is 16.8 Å². The van der Waals surface area contributed by atoms with E-state index in [4.69, 9.17) is 0 Å². The van der Waals surface area contributed by atoms with Gasteiger partial charge in [0.15, 0.2) is 0 Å². The molecule has 6 nitrogen and oxygen atoms in total. The Kier molecular flexibility index (Phi) is 3.59. The smallest absolute Gasteiger partial charge is 0.214 e. The summed E-state index contributed by atoms with van der Waals surface area (Å²) < 4.78 is 52.4. The number of nitrogens with one attached hydrogen (secondary N) is 1. The van der Waals surface area contributed by atoms with E-state index in [2.05, 4.69) is 4.72 Å². The predicted molar refractivity (Wildman–Crippen MR) is 78.7 cm³/mol. The molecule has 21 heavy (non-hydrogen) atoms. The number of hydrogen-bond acceptors (Lipinski definition) is 4. The van der Waals surface area contributed by atoms with Gasteiger partial charge in [0, 0.05) is 13.1 Å². The van der Waals surface area contributed by atoms with Crippen LogP contribution in [0.1, 0.15) is 24.0 Å². The molecule has 1 N–H and O–H groups in total. The second kappa shape index (κ2) is 5.05. The maximum absolute atomic E-state index is 12.3. The first-order valence-corrected chi connectivity index (χ1v) is 9.88. The van der Waals surface area contributed by atoms with Crippen LogP contribution in [-0.2, 0) is 33.0 Å². The fourth-order valence-electron chi connectivity index (χ4n) is 2.70. The summed E-state index contributed by atoms with van der Waals surface area (Å²) in [5.74, 6) is 0. The minimum atomic E-state index is -3.51. The summed E-state index contributed by atoms with van der Waals surface area (Å²) in [6.45, 7) is 0.614. The van der Waals surface area contributed by atoms with Gasteiger partial charge >= 0.3 is 0 Å². The molecule has 0 bridgehead atoms. The van der Waals surface area contributed by atoms with E-state index in [0.717, 1.165) is 24.0 Å². The molecule has 116 valence electrons. The quantitative estimate of drug-likeness (QED) is 0.868. The van der Waals surface area contributed by atoms with E-state index >= 15 is 0 Å². The number of nitrogens with zero attached hydrogens (tertiary/aromatic N) is 1. The molecule has 1 fully saturated rings. The van der Waals surface area contributed by atoms with Gasteiger partial charge in [-0.2, -0.15) is 4.31 Å². The van der Waals surface area contributed by atoms with Crippen LogP contribution in [0, 0.1) is 0 Å². The number of fused-ring (bicyclic) bond motifs is 1. The van der Waals surface area contributed by atoms with Crippen LogP contribution in [0.25, 0.3) is 0 Å². The van der Waals surface area contributed by atoms with Crippen LogP contribution in [-0.4, -0.2) is 40.0 Å². The zero-order valence-corrected chi connectivity index (χ0v) is 13.4. The molecule has 0 atom stereocenters. The van der Waals surface area contributed by atoms with Crippen molar-refractivity contribution < 1.29 is 16.8 Å². The van der Waals surface area contributed by atoms with Gasteiger partial charge in [0.1, 0.15) is 0 Å². The lowest BCUT2D eigenvalue weighted by atomic mass is 10.0. The average molecular weight is 330 g/mol. The van der Waals surface area contributed by atoms with Crippen molar-refractivity contribution >= 4 is 20.0 Å². The normalized spacial score (nSPS) is 20.2. The Morgan fingerprint density at radius 3 is 2.52 bits per heavy atom. The first-order valence-electron chi connectivity index (χ1n) is 6.89. The fraction of sp³-hybridized carbons (Fsp3) is 0.538. The highest BCUT2D eigenvalue weighted by molar-refractivity contribution is 7.90. The molecule has 8 heteroatoms. The second-order valence-corrected chi connectivity index (χ2v) is 9.50. The minimum Gasteiger partial charge on any atom is -0.214 e. The lowest BCUT2D eigenvalue weighted by Gasteiger charge is -2.29. The molecule has 1 saturated carbocycles. The summed E-state index contributed by atoms with van der Waals surface area (Å²) in [7, 11) is -5.36. The van der Waals surface area contributed by atoms with Gasteiger partial charge in [-0.05, 0) is 43.5 Å². The molecule has 0 spiro atoms. The third-order valence-electron chi connectivity index (χ3n) is 4.05. The van der Waals surface area contributed by atoms with E-state index in [1.54, 1.807) is 18.2 Å². The van der Waals surface area contributed by atoms with Gasteiger partial charge in [0.25, 0.3) is 0 Å². The highest BCUT2D eigenvalue weighted by Gasteiger charge is 2.41. The van der Waals surface area contributed by atoms with Gasteiger partial charge in [0.2, 0.25) is 20.0 Å². The molecule has 1 aliphatic heterocycles. The molecule has 0 unspecified atom stereocenters. The van der Waals surface area contributed by atoms with Crippen LogP contribution in [0.15, 0.2) is 23.1 Å². The molecular formula is C13H18N2O4S2. The molecule has 0 radical (unpaired) electrons. The second-order valence-electron chi connectivity index (χ2n) is 5.43. The maximum Gasteiger partial charge on any atom is 0.240 e. The van der Waals surface area contributed by atoms with Crippen molar-refractivity contribution in [3.63, 3.8) is 0 Å². The molecule has 1 aromatic carbocycles. The number of sulfonamides is 2. The summed E-state index contributed by atoms with van der Waals surface area (Å²) in [5.41, 5.74) is 1.51. The van der Waals surface area contributed by atoms with Crippen LogP contribution in [0.4, 0.5) is 0 Å². The van der Waals surface area contributed by atoms with Gasteiger partial charge in [-0.3, -0.25) is 0 Å². The summed E-state index contributed by atoms with van der Waals surface area (Å²) in [5, 5.41) is -0.233. The van der Waals surface area contributed by atoms with Gasteiger partial charge in [0.05, 0.1) is 10.1 Å². The first kappa shape index (κ1) is 15.0. The summed E-state index contributed by atoms with van der Waals surface area (Å²) in [4.78, 5) is 0.256. The van der Waals surface area contributed by atoms with Crippen LogP contribution < -0.4 is 4.72 Å². The Balaban J connectivity index is 1.97. The van der Waals surface area contributed by atoms with Crippen molar-refractivity contribution in [2.24, 2.45) is 0 Å². The van der Waals surface area contributed by atoms with Gasteiger partial charge < -0.3 is 0 Å². The van der Waals surface area contributed by atoms with Gasteiger partial charge in [-0.25, -0.2) is 21.6 Å². The van der Waals surface area contributed by atoms with Crippen molar-refractivity contribution in [1.82, 2.24) is 9.03 Å². The van der Waals surface area contributed by atoms with Crippen LogP contribution in [0.5, 0.6) is 0 Å². The average Bonchev–Trinajstić information content (AvgIpc) is 3.31. The summed E-state index contributed by atoms with van der Waals surface area (Å²) in [6.07, 6.45) is 1.90. The SMILES string of the molecule is CNS(=O)(=O)c1cccc2c1CCN(S(=O)(=O)C1CC1)C2. The number of rotatable bonds is 4. The standard InChI is InChI=1S/C13H18N2O4S2/c1-14-20(16,17)13-4-2-3-10-9-15(8-7-12(10)13)21(18,19)11-5-6-11/h2-4,11,14H,5-9H2,1H3. The van der Waals surface area contributed by atoms with E-state index in [1.807, 2.05) is 0 Å². The Hall–Kier alpha value is -0.960. The van der Waals surface area contributed by atoms with Gasteiger partial charge in [-0.15, -0.1) is 0 Å². The Morgan fingerprint density at radius 2 is 1.90 bits per heavy atom. The predicted octanol–water partition coefficient (Wildman–Crippen LogP) is 0.445. The highest BCUT2D eigenvalue weighted by atomic mass is 32.2. The number of hydrogen-bond donors (Lipinski definition) is 1. The van der Waals surface area contributed by atoms with Crippen molar-refractivity contribution in [3.05, 3.63) is 29.3 Å². The van der Waals surface area contributed by atoms with E-state index < -0.39 is 20.0 Å². The molecule has 1 heterocycles. The zero-order valence-electron chi connectivity index (χ0n) is 11.7. The third kappa shape index (κ3) is 2.61. The van der Waals surface area contributed by atoms with Crippen molar-refractivity contribution in [2.45, 2.75) is 36.0 Å². The van der Waals surface area contributed by atoms with Crippen molar-refractivity contribution in [3.8, 4) is 0 Å².